The lowest BCUT2D eigenvalue weighted by atomic mass is 10.2. The summed E-state index contributed by atoms with van der Waals surface area (Å²) < 4.78 is 5.53. The third-order valence-electron chi connectivity index (χ3n) is 2.26. The molecule has 7 N–H and O–H groups in total. The maximum Gasteiger partial charge on any atom is 0.414 e. The minimum absolute atomic E-state index is 0.677. The van der Waals surface area contributed by atoms with Crippen molar-refractivity contribution in [3.63, 3.8) is 0 Å². The van der Waals surface area contributed by atoms with Crippen molar-refractivity contribution in [2.24, 2.45) is 5.73 Å². The fraction of sp³-hybridized carbons (Fsp3) is 0.333. The lowest BCUT2D eigenvalue weighted by Gasteiger charge is -2.06. The van der Waals surface area contributed by atoms with Crippen LogP contribution in [0.2, 0.25) is 0 Å². The fourth-order valence-corrected chi connectivity index (χ4v) is 1.22. The lowest BCUT2D eigenvalue weighted by Crippen LogP contribution is -2.09. The van der Waals surface area contributed by atoms with E-state index >= 15 is 0 Å². The van der Waals surface area contributed by atoms with Gasteiger partial charge in [0.05, 0.1) is 6.61 Å². The third-order valence-corrected chi connectivity index (χ3v) is 2.26. The zero-order valence-corrected chi connectivity index (χ0v) is 14.0. The highest BCUT2D eigenvalue weighted by Crippen LogP contribution is 2.13. The molecule has 146 valence electrons. The highest BCUT2D eigenvalue weighted by molar-refractivity contribution is 6.27. The van der Waals surface area contributed by atoms with Gasteiger partial charge in [0.15, 0.2) is 0 Å². The van der Waals surface area contributed by atoms with E-state index in [0.29, 0.717) is 13.2 Å². The van der Waals surface area contributed by atoms with E-state index in [1.54, 1.807) is 0 Å². The van der Waals surface area contributed by atoms with Crippen LogP contribution in [0, 0.1) is 0 Å². The number of nitrogens with two attached hydrogens (primary N) is 1. The smallest absolute Gasteiger partial charge is 0.414 e. The van der Waals surface area contributed by atoms with Gasteiger partial charge in [0.2, 0.25) is 0 Å². The second-order valence-electron chi connectivity index (χ2n) is 4.39. The molecule has 0 saturated heterocycles. The van der Waals surface area contributed by atoms with Crippen molar-refractivity contribution in [2.45, 2.75) is 13.0 Å². The van der Waals surface area contributed by atoms with E-state index in [-0.39, 0.29) is 0 Å². The Balaban J connectivity index is 0. The maximum atomic E-state index is 9.10. The molecule has 1 aromatic carbocycles. The van der Waals surface area contributed by atoms with Crippen LogP contribution in [0.3, 0.4) is 0 Å². The second kappa shape index (κ2) is 15.4. The van der Waals surface area contributed by atoms with Crippen LogP contribution in [0.4, 0.5) is 0 Å². The van der Waals surface area contributed by atoms with Gasteiger partial charge in [-0.05, 0) is 37.7 Å². The molecule has 0 unspecified atom stereocenters. The molecule has 0 bridgehead atoms. The predicted octanol–water partition coefficient (Wildman–Crippen LogP) is -0.555. The van der Waals surface area contributed by atoms with E-state index in [1.807, 2.05) is 25.2 Å². The number of hydrogen-bond acceptors (Lipinski definition) is 7. The zero-order chi connectivity index (χ0) is 20.5. The molecule has 11 nitrogen and oxygen atoms in total. The van der Waals surface area contributed by atoms with E-state index in [1.165, 1.54) is 5.56 Å². The zero-order valence-electron chi connectivity index (χ0n) is 14.0. The number of carboxylic acids is 4. The number of benzene rings is 1. The van der Waals surface area contributed by atoms with Crippen LogP contribution >= 0.6 is 0 Å². The number of rotatable bonds is 6. The maximum absolute atomic E-state index is 9.10. The molecule has 0 heterocycles. The highest BCUT2D eigenvalue weighted by Gasteiger charge is 2.04. The lowest BCUT2D eigenvalue weighted by molar-refractivity contribution is -0.159. The quantitative estimate of drug-likeness (QED) is 0.276. The van der Waals surface area contributed by atoms with E-state index < -0.39 is 23.9 Å². The summed E-state index contributed by atoms with van der Waals surface area (Å²) >= 11 is 0. The van der Waals surface area contributed by atoms with Crippen molar-refractivity contribution in [3.8, 4) is 5.75 Å². The molecule has 0 aromatic heterocycles. The fourth-order valence-electron chi connectivity index (χ4n) is 1.22. The first-order valence-electron chi connectivity index (χ1n) is 7.14. The topological polar surface area (TPSA) is 196 Å². The normalized spacial score (nSPS) is 8.85. The van der Waals surface area contributed by atoms with Crippen molar-refractivity contribution in [3.05, 3.63) is 29.8 Å². The van der Waals surface area contributed by atoms with Gasteiger partial charge in [-0.25, -0.2) is 19.2 Å². The van der Waals surface area contributed by atoms with E-state index in [0.717, 1.165) is 18.7 Å². The van der Waals surface area contributed by atoms with Crippen molar-refractivity contribution >= 4 is 23.9 Å². The van der Waals surface area contributed by atoms with Crippen LogP contribution in [-0.4, -0.2) is 64.5 Å². The Morgan fingerprint density at radius 1 is 1.00 bits per heavy atom. The molecule has 0 aliphatic rings. The molecule has 0 radical (unpaired) electrons. The van der Waals surface area contributed by atoms with Crippen LogP contribution in [-0.2, 0) is 25.7 Å². The molecule has 0 fully saturated rings. The van der Waals surface area contributed by atoms with Crippen molar-refractivity contribution in [1.29, 1.82) is 0 Å². The minimum Gasteiger partial charge on any atom is -0.494 e. The molecule has 0 aliphatic carbocycles. The van der Waals surface area contributed by atoms with E-state index in [9.17, 15) is 0 Å². The van der Waals surface area contributed by atoms with Crippen LogP contribution in [0.25, 0.3) is 0 Å². The summed E-state index contributed by atoms with van der Waals surface area (Å²) in [4.78, 5) is 36.4. The Morgan fingerprint density at radius 3 is 1.88 bits per heavy atom. The van der Waals surface area contributed by atoms with Gasteiger partial charge < -0.3 is 36.2 Å². The van der Waals surface area contributed by atoms with Gasteiger partial charge in [0.1, 0.15) is 5.75 Å². The van der Waals surface area contributed by atoms with Gasteiger partial charge in [0, 0.05) is 6.54 Å². The number of ether oxygens (including phenoxy) is 1. The summed E-state index contributed by atoms with van der Waals surface area (Å²) in [6, 6.07) is 8.10. The SMILES string of the molecule is CNCc1cccc(OCCCN)c1.O=C(O)C(=O)O.O=C(O)C(=O)O. The van der Waals surface area contributed by atoms with Gasteiger partial charge in [-0.1, -0.05) is 12.1 Å². The molecule has 11 heteroatoms. The molecular weight excluding hydrogens is 352 g/mol. The molecular formula is C15H22N2O9. The predicted molar refractivity (Wildman–Crippen MR) is 88.9 cm³/mol. The summed E-state index contributed by atoms with van der Waals surface area (Å²) in [5, 5.41) is 32.7. The Kier molecular flexibility index (Phi) is 14.8. The van der Waals surface area contributed by atoms with Crippen LogP contribution in [0.15, 0.2) is 24.3 Å². The summed E-state index contributed by atoms with van der Waals surface area (Å²) in [6.45, 7) is 2.24. The molecule has 26 heavy (non-hydrogen) atoms. The summed E-state index contributed by atoms with van der Waals surface area (Å²) in [7, 11) is 1.93. The van der Waals surface area contributed by atoms with E-state index in [4.69, 9.17) is 50.1 Å². The Morgan fingerprint density at radius 2 is 1.50 bits per heavy atom. The summed E-state index contributed by atoms with van der Waals surface area (Å²) in [5.74, 6) is -6.37. The first kappa shape index (κ1) is 25.1. The van der Waals surface area contributed by atoms with Crippen molar-refractivity contribution in [1.82, 2.24) is 5.32 Å². The monoisotopic (exact) mass is 374 g/mol. The molecule has 0 spiro atoms. The van der Waals surface area contributed by atoms with Gasteiger partial charge in [-0.15, -0.1) is 0 Å². The molecule has 1 rings (SSSR count). The Hall–Kier alpha value is -3.18. The first-order chi connectivity index (χ1) is 12.1. The highest BCUT2D eigenvalue weighted by atomic mass is 16.5. The van der Waals surface area contributed by atoms with E-state index in [2.05, 4.69) is 11.4 Å². The van der Waals surface area contributed by atoms with Crippen LogP contribution in [0.1, 0.15) is 12.0 Å². The average molecular weight is 374 g/mol. The Labute approximate surface area is 149 Å². The largest absolute Gasteiger partial charge is 0.494 e. The number of nitrogens with one attached hydrogen (secondary N) is 1. The standard InChI is InChI=1S/C11H18N2O.2C2H2O4/c1-13-9-10-4-2-5-11(8-10)14-7-3-6-12;2*3-1(4)2(5)6/h2,4-5,8,13H,3,6-7,9,12H2,1H3;2*(H,3,4)(H,5,6). The number of carbonyl (C=O) groups is 4. The van der Waals surface area contributed by atoms with Crippen molar-refractivity contribution in [2.75, 3.05) is 20.2 Å². The van der Waals surface area contributed by atoms with Crippen molar-refractivity contribution < 1.29 is 44.3 Å². The average Bonchev–Trinajstić information content (AvgIpc) is 2.57. The molecule has 1 aromatic rings. The summed E-state index contributed by atoms with van der Waals surface area (Å²) in [6.07, 6.45) is 0.899. The minimum atomic E-state index is -1.82. The number of hydrogen-bond donors (Lipinski definition) is 6. The van der Waals surface area contributed by atoms with Gasteiger partial charge in [-0.2, -0.15) is 0 Å². The third kappa shape index (κ3) is 15.7. The second-order valence-corrected chi connectivity index (χ2v) is 4.39. The molecule has 0 saturated carbocycles. The first-order valence-corrected chi connectivity index (χ1v) is 7.14. The molecule has 0 aliphatic heterocycles. The number of carboxylic acid groups (broad SMARTS) is 4. The van der Waals surface area contributed by atoms with Crippen LogP contribution < -0.4 is 15.8 Å². The Bertz CT molecular complexity index is 542. The van der Waals surface area contributed by atoms with Gasteiger partial charge in [-0.3, -0.25) is 0 Å². The van der Waals surface area contributed by atoms with Gasteiger partial charge in [0.25, 0.3) is 0 Å². The molecule has 0 amide bonds. The number of aliphatic carboxylic acids is 4. The summed E-state index contributed by atoms with van der Waals surface area (Å²) in [5.41, 5.74) is 6.61. The van der Waals surface area contributed by atoms with Crippen LogP contribution in [0.5, 0.6) is 5.75 Å². The molecule has 0 atom stereocenters. The van der Waals surface area contributed by atoms with Gasteiger partial charge >= 0.3 is 23.9 Å².